The predicted octanol–water partition coefficient (Wildman–Crippen LogP) is 0.0487. The Morgan fingerprint density at radius 3 is 2.90 bits per heavy atom. The van der Waals surface area contributed by atoms with Crippen LogP contribution in [0.2, 0.25) is 0 Å². The number of ether oxygens (including phenoxy) is 2. The average molecular weight is 417 g/mol. The van der Waals surface area contributed by atoms with E-state index in [0.29, 0.717) is 25.1 Å². The number of aliphatic carboxylic acids is 1. The van der Waals surface area contributed by atoms with E-state index in [1.165, 1.54) is 0 Å². The van der Waals surface area contributed by atoms with Gasteiger partial charge in [-0.15, -0.1) is 0 Å². The number of carbonyl (C=O) groups is 2. The number of hydrogen-bond donors (Lipinski definition) is 4. The molecule has 0 unspecified atom stereocenters. The maximum atomic E-state index is 12.3. The fourth-order valence-corrected chi connectivity index (χ4v) is 5.86. The Balaban J connectivity index is 1.58. The number of piperidine rings is 1. The molecule has 2 bridgehead atoms. The van der Waals surface area contributed by atoms with Crippen molar-refractivity contribution in [1.29, 1.82) is 0 Å². The number of aromatic hydroxyl groups is 1. The van der Waals surface area contributed by atoms with Gasteiger partial charge in [0.05, 0.1) is 17.4 Å². The van der Waals surface area contributed by atoms with Gasteiger partial charge in [-0.3, -0.25) is 4.79 Å². The Morgan fingerprint density at radius 2 is 2.17 bits per heavy atom. The van der Waals surface area contributed by atoms with Gasteiger partial charge in [-0.2, -0.15) is 0 Å². The molecule has 4 aliphatic rings. The fourth-order valence-electron chi connectivity index (χ4n) is 5.86. The van der Waals surface area contributed by atoms with Crippen molar-refractivity contribution < 1.29 is 39.5 Å². The third kappa shape index (κ3) is 2.28. The number of carboxylic acids is 1. The molecular weight excluding hydrogens is 394 g/mol. The Hall–Kier alpha value is -2.62. The van der Waals surface area contributed by atoms with Gasteiger partial charge in [0, 0.05) is 18.0 Å². The zero-order valence-electron chi connectivity index (χ0n) is 16.4. The number of aliphatic hydroxyl groups is 2. The second-order valence-corrected chi connectivity index (χ2v) is 8.63. The third-order valence-corrected chi connectivity index (χ3v) is 7.23. The number of aliphatic hydroxyl groups excluding tert-OH is 1. The van der Waals surface area contributed by atoms with Crippen molar-refractivity contribution in [2.45, 2.75) is 54.9 Å². The Kier molecular flexibility index (Phi) is 3.99. The van der Waals surface area contributed by atoms with Gasteiger partial charge in [0.25, 0.3) is 0 Å². The number of nitrogens with zero attached hydrogens (tertiary/aromatic N) is 1. The van der Waals surface area contributed by atoms with Crippen molar-refractivity contribution in [3.05, 3.63) is 35.1 Å². The minimum Gasteiger partial charge on any atom is -0.504 e. The van der Waals surface area contributed by atoms with Gasteiger partial charge >= 0.3 is 11.9 Å². The molecule has 0 saturated carbocycles. The predicted molar refractivity (Wildman–Crippen MR) is 101 cm³/mol. The second kappa shape index (κ2) is 6.19. The molecule has 30 heavy (non-hydrogen) atoms. The van der Waals surface area contributed by atoms with Crippen LogP contribution < -0.4 is 4.74 Å². The number of likely N-dealkylation sites (N-methyl/N-ethyl adjacent to an activating group) is 1. The van der Waals surface area contributed by atoms with E-state index in [1.54, 1.807) is 12.1 Å². The lowest BCUT2D eigenvalue weighted by Gasteiger charge is -2.61. The Bertz CT molecular complexity index is 989. The summed E-state index contributed by atoms with van der Waals surface area (Å²) in [6.45, 7) is 0.695. The van der Waals surface area contributed by atoms with Crippen LogP contribution in [0.4, 0.5) is 0 Å². The van der Waals surface area contributed by atoms with E-state index in [2.05, 4.69) is 4.90 Å². The molecule has 9 heteroatoms. The first-order chi connectivity index (χ1) is 14.2. The highest BCUT2D eigenvalue weighted by Gasteiger charge is 2.72. The molecule has 5 atom stereocenters. The standard InChI is InChI=1S/C21H23NO8/c1-22-7-6-20-16-10-2-3-11(23)17(16)30-18(20)13(4-5-21(20,28)14(22)8-10)29-15(25)9-12(24)19(26)27/h2-4,12,14,18,23-24,28H,5-9H2,1H3,(H,26,27)/t12-,14-,18-,20-,21+/m0/s1. The molecule has 9 nitrogen and oxygen atoms in total. The highest BCUT2D eigenvalue weighted by atomic mass is 16.6. The third-order valence-electron chi connectivity index (χ3n) is 7.23. The molecule has 5 rings (SSSR count). The smallest absolute Gasteiger partial charge is 0.333 e. The van der Waals surface area contributed by atoms with E-state index in [-0.39, 0.29) is 24.0 Å². The SMILES string of the molecule is CN1CC[C@]23c4c5ccc(O)c4O[C@H]2C(OC(=O)C[C@H](O)C(=O)O)=CC[C@@]3(O)[C@@H]1C5. The molecule has 0 radical (unpaired) electrons. The number of phenolic OH excluding ortho intramolecular Hbond substituents is 1. The lowest BCUT2D eigenvalue weighted by molar-refractivity contribution is -0.170. The summed E-state index contributed by atoms with van der Waals surface area (Å²) in [5.41, 5.74) is -0.304. The van der Waals surface area contributed by atoms with Gasteiger partial charge in [-0.1, -0.05) is 6.07 Å². The van der Waals surface area contributed by atoms with Crippen molar-refractivity contribution in [2.75, 3.05) is 13.6 Å². The van der Waals surface area contributed by atoms with Crippen LogP contribution in [0, 0.1) is 0 Å². The van der Waals surface area contributed by atoms with Crippen LogP contribution in [0.1, 0.15) is 30.4 Å². The minimum absolute atomic E-state index is 0.0378. The van der Waals surface area contributed by atoms with Crippen molar-refractivity contribution in [2.24, 2.45) is 0 Å². The first kappa shape index (κ1) is 19.3. The van der Waals surface area contributed by atoms with E-state index in [0.717, 1.165) is 11.1 Å². The van der Waals surface area contributed by atoms with Crippen molar-refractivity contribution in [3.8, 4) is 11.5 Å². The number of likely N-dealkylation sites (tertiary alicyclic amines) is 1. The first-order valence-corrected chi connectivity index (χ1v) is 9.95. The zero-order chi connectivity index (χ0) is 21.4. The lowest BCUT2D eigenvalue weighted by Crippen LogP contribution is -2.74. The Morgan fingerprint density at radius 1 is 1.40 bits per heavy atom. The molecule has 1 spiro atoms. The molecule has 0 amide bonds. The second-order valence-electron chi connectivity index (χ2n) is 8.63. The highest BCUT2D eigenvalue weighted by molar-refractivity contribution is 5.81. The number of carboxylic acid groups (broad SMARTS) is 1. The summed E-state index contributed by atoms with van der Waals surface area (Å²) in [5.74, 6) is -1.98. The van der Waals surface area contributed by atoms with Gasteiger partial charge < -0.3 is 34.8 Å². The Labute approximate surface area is 172 Å². The quantitative estimate of drug-likeness (QED) is 0.501. The van der Waals surface area contributed by atoms with Gasteiger partial charge in [0.1, 0.15) is 5.76 Å². The lowest BCUT2D eigenvalue weighted by atomic mass is 9.50. The van der Waals surface area contributed by atoms with E-state index >= 15 is 0 Å². The topological polar surface area (TPSA) is 137 Å². The molecule has 2 aliphatic carbocycles. The summed E-state index contributed by atoms with van der Waals surface area (Å²) >= 11 is 0. The number of carbonyl (C=O) groups excluding carboxylic acids is 1. The number of benzene rings is 1. The molecule has 1 aromatic carbocycles. The summed E-state index contributed by atoms with van der Waals surface area (Å²) in [6, 6.07) is 3.25. The maximum Gasteiger partial charge on any atom is 0.333 e. The summed E-state index contributed by atoms with van der Waals surface area (Å²) in [5, 5.41) is 40.7. The summed E-state index contributed by atoms with van der Waals surface area (Å²) in [4.78, 5) is 25.2. The number of esters is 1. The number of phenols is 1. The van der Waals surface area contributed by atoms with Crippen molar-refractivity contribution >= 4 is 11.9 Å². The van der Waals surface area contributed by atoms with Crippen LogP contribution in [0.25, 0.3) is 0 Å². The molecule has 4 N–H and O–H groups in total. The first-order valence-electron chi connectivity index (χ1n) is 9.95. The van der Waals surface area contributed by atoms with E-state index in [4.69, 9.17) is 14.6 Å². The van der Waals surface area contributed by atoms with Gasteiger partial charge in [-0.05, 0) is 44.1 Å². The molecule has 2 aliphatic heterocycles. The fraction of sp³-hybridized carbons (Fsp3) is 0.524. The van der Waals surface area contributed by atoms with Crippen molar-refractivity contribution in [3.63, 3.8) is 0 Å². The van der Waals surface area contributed by atoms with Crippen LogP contribution in [0.15, 0.2) is 24.0 Å². The molecule has 1 fully saturated rings. The van der Waals surface area contributed by atoms with E-state index < -0.39 is 41.6 Å². The van der Waals surface area contributed by atoms with Crippen LogP contribution in [0.5, 0.6) is 11.5 Å². The summed E-state index contributed by atoms with van der Waals surface area (Å²) in [7, 11) is 1.97. The number of hydrogen-bond acceptors (Lipinski definition) is 8. The van der Waals surface area contributed by atoms with Crippen LogP contribution in [0.3, 0.4) is 0 Å². The van der Waals surface area contributed by atoms with Crippen LogP contribution in [-0.2, 0) is 26.2 Å². The molecule has 0 aromatic heterocycles. The molecule has 1 saturated heterocycles. The molecular formula is C21H23NO8. The summed E-state index contributed by atoms with van der Waals surface area (Å²) < 4.78 is 11.6. The van der Waals surface area contributed by atoms with Crippen LogP contribution in [-0.4, -0.2) is 74.7 Å². The normalized spacial score (nSPS) is 34.4. The maximum absolute atomic E-state index is 12.3. The highest BCUT2D eigenvalue weighted by Crippen LogP contribution is 2.65. The average Bonchev–Trinajstić information content (AvgIpc) is 3.04. The molecule has 2 heterocycles. The van der Waals surface area contributed by atoms with Gasteiger partial charge in [0.2, 0.25) is 0 Å². The summed E-state index contributed by atoms with van der Waals surface area (Å²) in [6.07, 6.45) is -0.421. The van der Waals surface area contributed by atoms with Crippen LogP contribution >= 0.6 is 0 Å². The zero-order valence-corrected chi connectivity index (χ0v) is 16.4. The van der Waals surface area contributed by atoms with Gasteiger partial charge in [-0.25, -0.2) is 4.79 Å². The van der Waals surface area contributed by atoms with E-state index in [9.17, 15) is 24.9 Å². The minimum atomic E-state index is -1.86. The number of rotatable bonds is 4. The monoisotopic (exact) mass is 417 g/mol. The van der Waals surface area contributed by atoms with Crippen molar-refractivity contribution in [1.82, 2.24) is 4.90 Å². The largest absolute Gasteiger partial charge is 0.504 e. The van der Waals surface area contributed by atoms with E-state index in [1.807, 2.05) is 13.1 Å². The molecule has 160 valence electrons. The molecule has 1 aromatic rings. The van der Waals surface area contributed by atoms with Gasteiger partial charge in [0.15, 0.2) is 23.7 Å².